The molecule has 0 aromatic heterocycles. The third kappa shape index (κ3) is 6.11. The predicted molar refractivity (Wildman–Crippen MR) is 65.6 cm³/mol. The zero-order chi connectivity index (χ0) is 11.8. The molecule has 0 spiro atoms. The summed E-state index contributed by atoms with van der Waals surface area (Å²) in [6, 6.07) is 0. The molecule has 3 heteroatoms. The summed E-state index contributed by atoms with van der Waals surface area (Å²) in [7, 11) is 0. The first-order chi connectivity index (χ1) is 7.68. The number of hydrogen-bond acceptors (Lipinski definition) is 2. The molecule has 0 aromatic carbocycles. The predicted octanol–water partition coefficient (Wildman–Crippen LogP) is 2.75. The van der Waals surface area contributed by atoms with Crippen LogP contribution in [-0.2, 0) is 4.79 Å². The van der Waals surface area contributed by atoms with Crippen LogP contribution in [0.25, 0.3) is 0 Å². The van der Waals surface area contributed by atoms with E-state index in [9.17, 15) is 4.79 Å². The first-order valence-electron chi connectivity index (χ1n) is 6.62. The maximum Gasteiger partial charge on any atom is 0.303 e. The van der Waals surface area contributed by atoms with Gasteiger partial charge in [-0.1, -0.05) is 13.3 Å². The molecular weight excluding hydrogens is 202 g/mol. The number of carboxylic acids is 1. The smallest absolute Gasteiger partial charge is 0.303 e. The lowest BCUT2D eigenvalue weighted by Gasteiger charge is -2.19. The lowest BCUT2D eigenvalue weighted by Crippen LogP contribution is -2.25. The van der Waals surface area contributed by atoms with Crippen LogP contribution in [0.4, 0.5) is 0 Å². The monoisotopic (exact) mass is 227 g/mol. The average Bonchev–Trinajstić information content (AvgIpc) is 2.43. The van der Waals surface area contributed by atoms with Gasteiger partial charge in [0, 0.05) is 6.42 Å². The van der Waals surface area contributed by atoms with Crippen LogP contribution in [0.3, 0.4) is 0 Å². The Morgan fingerprint density at radius 3 is 2.81 bits per heavy atom. The number of rotatable bonds is 6. The lowest BCUT2D eigenvalue weighted by atomic mass is 10.0. The van der Waals surface area contributed by atoms with E-state index < -0.39 is 5.97 Å². The highest BCUT2D eigenvalue weighted by Gasteiger charge is 2.12. The van der Waals surface area contributed by atoms with E-state index in [0.717, 1.165) is 31.7 Å². The van der Waals surface area contributed by atoms with Crippen LogP contribution in [-0.4, -0.2) is 35.6 Å². The summed E-state index contributed by atoms with van der Waals surface area (Å²) in [6.07, 6.45) is 7.40. The van der Waals surface area contributed by atoms with Crippen molar-refractivity contribution in [1.82, 2.24) is 4.90 Å². The van der Waals surface area contributed by atoms with E-state index in [-0.39, 0.29) is 0 Å². The Morgan fingerprint density at radius 1 is 1.25 bits per heavy atom. The number of likely N-dealkylation sites (tertiary alicyclic amines) is 1. The number of nitrogens with zero attached hydrogens (tertiary/aromatic N) is 1. The van der Waals surface area contributed by atoms with Gasteiger partial charge in [0.15, 0.2) is 0 Å². The number of carbonyl (C=O) groups is 1. The second-order valence-corrected chi connectivity index (χ2v) is 5.08. The minimum atomic E-state index is -0.663. The molecule has 1 saturated heterocycles. The van der Waals surface area contributed by atoms with Crippen LogP contribution in [0, 0.1) is 5.92 Å². The summed E-state index contributed by atoms with van der Waals surface area (Å²) in [5.74, 6) is 0.223. The van der Waals surface area contributed by atoms with Crippen molar-refractivity contribution in [1.29, 1.82) is 0 Å². The molecule has 1 heterocycles. The quantitative estimate of drug-likeness (QED) is 0.709. The van der Waals surface area contributed by atoms with Gasteiger partial charge in [-0.25, -0.2) is 0 Å². The van der Waals surface area contributed by atoms with Crippen LogP contribution in [0.2, 0.25) is 0 Å². The van der Waals surface area contributed by atoms with Gasteiger partial charge in [0.2, 0.25) is 0 Å². The topological polar surface area (TPSA) is 40.5 Å². The fraction of sp³-hybridized carbons (Fsp3) is 0.923. The third-order valence-corrected chi connectivity index (χ3v) is 3.47. The minimum absolute atomic E-state index is 0.330. The summed E-state index contributed by atoms with van der Waals surface area (Å²) in [5.41, 5.74) is 0. The molecular formula is C13H25NO2. The van der Waals surface area contributed by atoms with Crippen LogP contribution in [0.5, 0.6) is 0 Å². The van der Waals surface area contributed by atoms with Gasteiger partial charge in [0.25, 0.3) is 0 Å². The van der Waals surface area contributed by atoms with E-state index in [4.69, 9.17) is 5.11 Å². The molecule has 0 bridgehead atoms. The van der Waals surface area contributed by atoms with Crippen molar-refractivity contribution in [3.05, 3.63) is 0 Å². The van der Waals surface area contributed by atoms with Gasteiger partial charge in [-0.15, -0.1) is 0 Å². The summed E-state index contributed by atoms with van der Waals surface area (Å²) in [6.45, 7) is 5.98. The molecule has 3 nitrogen and oxygen atoms in total. The van der Waals surface area contributed by atoms with Gasteiger partial charge in [0.05, 0.1) is 0 Å². The maximum atomic E-state index is 10.3. The van der Waals surface area contributed by atoms with Crippen LogP contribution in [0.1, 0.15) is 51.9 Å². The number of aliphatic carboxylic acids is 1. The molecule has 0 radical (unpaired) electrons. The highest BCUT2D eigenvalue weighted by Crippen LogP contribution is 2.16. The number of hydrogen-bond donors (Lipinski definition) is 1. The maximum absolute atomic E-state index is 10.3. The van der Waals surface area contributed by atoms with Crippen molar-refractivity contribution in [2.45, 2.75) is 51.9 Å². The van der Waals surface area contributed by atoms with Crippen LogP contribution < -0.4 is 0 Å². The normalized spacial score (nSPS) is 22.9. The molecule has 0 aliphatic carbocycles. The van der Waals surface area contributed by atoms with E-state index >= 15 is 0 Å². The first-order valence-corrected chi connectivity index (χ1v) is 6.62. The Labute approximate surface area is 98.8 Å². The zero-order valence-electron chi connectivity index (χ0n) is 10.5. The van der Waals surface area contributed by atoms with Gasteiger partial charge in [0.1, 0.15) is 0 Å². The Kier molecular flexibility index (Phi) is 6.46. The summed E-state index contributed by atoms with van der Waals surface area (Å²) >= 11 is 0. The molecule has 1 aliphatic rings. The highest BCUT2D eigenvalue weighted by atomic mass is 16.4. The summed E-state index contributed by atoms with van der Waals surface area (Å²) in [4.78, 5) is 12.9. The van der Waals surface area contributed by atoms with Crippen molar-refractivity contribution < 1.29 is 9.90 Å². The van der Waals surface area contributed by atoms with Crippen LogP contribution >= 0.6 is 0 Å². The van der Waals surface area contributed by atoms with E-state index in [1.807, 2.05) is 0 Å². The van der Waals surface area contributed by atoms with E-state index in [1.54, 1.807) is 0 Å². The second kappa shape index (κ2) is 7.66. The molecule has 1 N–H and O–H groups in total. The van der Waals surface area contributed by atoms with Crippen molar-refractivity contribution in [2.24, 2.45) is 5.92 Å². The van der Waals surface area contributed by atoms with Gasteiger partial charge >= 0.3 is 5.97 Å². The molecule has 1 aliphatic heterocycles. The molecule has 1 rings (SSSR count). The molecule has 1 atom stereocenters. The van der Waals surface area contributed by atoms with Crippen molar-refractivity contribution in [3.8, 4) is 0 Å². The molecule has 0 aromatic rings. The fourth-order valence-electron chi connectivity index (χ4n) is 2.33. The Bertz CT molecular complexity index is 206. The van der Waals surface area contributed by atoms with E-state index in [0.29, 0.717) is 6.42 Å². The lowest BCUT2D eigenvalue weighted by molar-refractivity contribution is -0.137. The van der Waals surface area contributed by atoms with Crippen molar-refractivity contribution >= 4 is 5.97 Å². The molecule has 0 amide bonds. The largest absolute Gasteiger partial charge is 0.481 e. The molecule has 0 saturated carbocycles. The highest BCUT2D eigenvalue weighted by molar-refractivity contribution is 5.66. The van der Waals surface area contributed by atoms with Crippen molar-refractivity contribution in [2.75, 3.05) is 19.6 Å². The van der Waals surface area contributed by atoms with Crippen molar-refractivity contribution in [3.63, 3.8) is 0 Å². The van der Waals surface area contributed by atoms with Gasteiger partial charge < -0.3 is 10.0 Å². The Balaban J connectivity index is 2.01. The van der Waals surface area contributed by atoms with E-state index in [1.165, 1.54) is 32.4 Å². The average molecular weight is 227 g/mol. The van der Waals surface area contributed by atoms with Crippen LogP contribution in [0.15, 0.2) is 0 Å². The van der Waals surface area contributed by atoms with Gasteiger partial charge in [-0.3, -0.25) is 4.79 Å². The van der Waals surface area contributed by atoms with E-state index in [2.05, 4.69) is 11.8 Å². The molecule has 1 fully saturated rings. The summed E-state index contributed by atoms with van der Waals surface area (Å²) < 4.78 is 0. The third-order valence-electron chi connectivity index (χ3n) is 3.47. The Hall–Kier alpha value is -0.570. The molecule has 16 heavy (non-hydrogen) atoms. The second-order valence-electron chi connectivity index (χ2n) is 5.08. The zero-order valence-corrected chi connectivity index (χ0v) is 10.5. The SMILES string of the molecule is CC1CCCN(CCCCCC(=O)O)CC1. The van der Waals surface area contributed by atoms with Gasteiger partial charge in [-0.05, 0) is 57.7 Å². The molecule has 1 unspecified atom stereocenters. The number of carboxylic acid groups (broad SMARTS) is 1. The minimum Gasteiger partial charge on any atom is -0.481 e. The van der Waals surface area contributed by atoms with Gasteiger partial charge in [-0.2, -0.15) is 0 Å². The Morgan fingerprint density at radius 2 is 2.06 bits per heavy atom. The first kappa shape index (κ1) is 13.5. The molecule has 94 valence electrons. The fourth-order valence-corrected chi connectivity index (χ4v) is 2.33. The standard InChI is InChI=1S/C13H25NO2/c1-12-6-5-10-14(11-8-12)9-4-2-3-7-13(15)16/h12H,2-11H2,1H3,(H,15,16). The number of unbranched alkanes of at least 4 members (excludes halogenated alkanes) is 2. The summed E-state index contributed by atoms with van der Waals surface area (Å²) in [5, 5.41) is 8.52.